The van der Waals surface area contributed by atoms with E-state index in [-0.39, 0.29) is 11.6 Å². The number of alkyl halides is 3. The van der Waals surface area contributed by atoms with Gasteiger partial charge in [0.2, 0.25) is 5.82 Å². The summed E-state index contributed by atoms with van der Waals surface area (Å²) in [4.78, 5) is 0. The predicted octanol–water partition coefficient (Wildman–Crippen LogP) is 4.04. The van der Waals surface area contributed by atoms with Crippen LogP contribution in [0.25, 0.3) is 16.8 Å². The summed E-state index contributed by atoms with van der Waals surface area (Å²) in [5, 5.41) is 15.6. The van der Waals surface area contributed by atoms with E-state index in [1.807, 2.05) is 0 Å². The van der Waals surface area contributed by atoms with Crippen LogP contribution in [0.1, 0.15) is 24.2 Å². The first-order valence-corrected chi connectivity index (χ1v) is 6.82. The van der Waals surface area contributed by atoms with Gasteiger partial charge in [-0.25, -0.2) is 0 Å². The van der Waals surface area contributed by atoms with E-state index in [0.717, 1.165) is 15.5 Å². The maximum atomic E-state index is 12.9. The number of pyridine rings is 1. The maximum Gasteiger partial charge on any atom is 0.452 e. The molecule has 4 nitrogen and oxygen atoms in total. The molecule has 1 atom stereocenters. The molecule has 1 unspecified atom stereocenters. The second-order valence-corrected chi connectivity index (χ2v) is 5.14. The molecule has 1 aromatic carbocycles. The smallest absolute Gasteiger partial charge is 0.278 e. The number of nitrogens with zero attached hydrogens (tertiary/aromatic N) is 4. The standard InChI is InChI=1S/C16H11F3N4/c1-10(8-20)11-2-4-12(5-3-11)13-6-7-14-21-22-15(16(17,18)19)23(14)9-13/h2-7,9-10H,1H3. The average Bonchev–Trinajstić information content (AvgIpc) is 2.97. The normalized spacial score (nSPS) is 13.0. The van der Waals surface area contributed by atoms with Gasteiger partial charge in [-0.15, -0.1) is 10.2 Å². The van der Waals surface area contributed by atoms with Gasteiger partial charge in [0.25, 0.3) is 0 Å². The summed E-state index contributed by atoms with van der Waals surface area (Å²) in [6.07, 6.45) is -3.20. The molecule has 3 aromatic rings. The first-order valence-electron chi connectivity index (χ1n) is 6.82. The van der Waals surface area contributed by atoms with Crippen molar-refractivity contribution in [3.63, 3.8) is 0 Å². The van der Waals surface area contributed by atoms with Crippen LogP contribution in [0.2, 0.25) is 0 Å². The molecule has 0 bridgehead atoms. The summed E-state index contributed by atoms with van der Waals surface area (Å²) in [6.45, 7) is 1.79. The zero-order chi connectivity index (χ0) is 16.6. The molecule has 23 heavy (non-hydrogen) atoms. The minimum Gasteiger partial charge on any atom is -0.278 e. The number of hydrogen-bond acceptors (Lipinski definition) is 3. The van der Waals surface area contributed by atoms with Crippen molar-refractivity contribution in [3.8, 4) is 17.2 Å². The molecule has 0 amide bonds. The van der Waals surface area contributed by atoms with Gasteiger partial charge >= 0.3 is 6.18 Å². The number of rotatable bonds is 2. The Labute approximate surface area is 129 Å². The largest absolute Gasteiger partial charge is 0.452 e. The third kappa shape index (κ3) is 2.75. The van der Waals surface area contributed by atoms with Gasteiger partial charge in [0.1, 0.15) is 0 Å². The molecule has 2 aromatic heterocycles. The van der Waals surface area contributed by atoms with Crippen LogP contribution in [-0.2, 0) is 6.18 Å². The molecule has 7 heteroatoms. The zero-order valence-electron chi connectivity index (χ0n) is 12.0. The molecule has 0 aliphatic rings. The number of fused-ring (bicyclic) bond motifs is 1. The Balaban J connectivity index is 2.05. The van der Waals surface area contributed by atoms with Crippen molar-refractivity contribution in [2.75, 3.05) is 0 Å². The Morgan fingerprint density at radius 2 is 1.70 bits per heavy atom. The fraction of sp³-hybridized carbons (Fsp3) is 0.188. The molecule has 2 heterocycles. The van der Waals surface area contributed by atoms with Gasteiger partial charge in [-0.1, -0.05) is 24.3 Å². The lowest BCUT2D eigenvalue weighted by atomic mass is 9.99. The van der Waals surface area contributed by atoms with Crippen molar-refractivity contribution in [2.24, 2.45) is 0 Å². The van der Waals surface area contributed by atoms with E-state index < -0.39 is 12.0 Å². The van der Waals surface area contributed by atoms with Crippen LogP contribution in [0, 0.1) is 11.3 Å². The molecule has 0 fully saturated rings. The highest BCUT2D eigenvalue weighted by molar-refractivity contribution is 5.65. The second-order valence-electron chi connectivity index (χ2n) is 5.14. The van der Waals surface area contributed by atoms with Crippen molar-refractivity contribution in [2.45, 2.75) is 19.0 Å². The Morgan fingerprint density at radius 1 is 1.04 bits per heavy atom. The zero-order valence-corrected chi connectivity index (χ0v) is 12.0. The molecule has 3 rings (SSSR count). The SMILES string of the molecule is CC(C#N)c1ccc(-c2ccc3nnc(C(F)(F)F)n3c2)cc1. The average molecular weight is 316 g/mol. The number of hydrogen-bond donors (Lipinski definition) is 0. The van der Waals surface area contributed by atoms with Crippen LogP contribution in [0.3, 0.4) is 0 Å². The fourth-order valence-electron chi connectivity index (χ4n) is 2.29. The lowest BCUT2D eigenvalue weighted by Crippen LogP contribution is -2.10. The highest BCUT2D eigenvalue weighted by Gasteiger charge is 2.36. The number of aromatic nitrogens is 3. The van der Waals surface area contributed by atoms with Gasteiger partial charge in [0.05, 0.1) is 12.0 Å². The Kier molecular flexibility index (Phi) is 3.52. The molecular formula is C16H11F3N4. The highest BCUT2D eigenvalue weighted by Crippen LogP contribution is 2.29. The van der Waals surface area contributed by atoms with Crippen molar-refractivity contribution in [1.29, 1.82) is 5.26 Å². The predicted molar refractivity (Wildman–Crippen MR) is 77.5 cm³/mol. The molecule has 0 aliphatic heterocycles. The molecule has 0 spiro atoms. The summed E-state index contributed by atoms with van der Waals surface area (Å²) >= 11 is 0. The van der Waals surface area contributed by atoms with Crippen LogP contribution < -0.4 is 0 Å². The summed E-state index contributed by atoms with van der Waals surface area (Å²) in [7, 11) is 0. The molecule has 0 N–H and O–H groups in total. The number of halogens is 3. The van der Waals surface area contributed by atoms with Gasteiger partial charge in [0, 0.05) is 6.20 Å². The minimum atomic E-state index is -4.57. The molecular weight excluding hydrogens is 305 g/mol. The summed E-state index contributed by atoms with van der Waals surface area (Å²) in [6, 6.07) is 12.5. The number of nitriles is 1. The fourth-order valence-corrected chi connectivity index (χ4v) is 2.29. The summed E-state index contributed by atoms with van der Waals surface area (Å²) < 4.78 is 39.7. The van der Waals surface area contributed by atoms with Crippen molar-refractivity contribution >= 4 is 5.65 Å². The Morgan fingerprint density at radius 3 is 2.30 bits per heavy atom. The van der Waals surface area contributed by atoms with Crippen molar-refractivity contribution in [1.82, 2.24) is 14.6 Å². The summed E-state index contributed by atoms with van der Waals surface area (Å²) in [5.74, 6) is -1.29. The third-order valence-corrected chi connectivity index (χ3v) is 3.59. The minimum absolute atomic E-state index is 0.135. The van der Waals surface area contributed by atoms with Gasteiger partial charge in [-0.2, -0.15) is 18.4 Å². The van der Waals surface area contributed by atoms with Gasteiger partial charge in [-0.3, -0.25) is 4.40 Å². The maximum absolute atomic E-state index is 12.9. The van der Waals surface area contributed by atoms with Gasteiger partial charge in [-0.05, 0) is 35.7 Å². The Hall–Kier alpha value is -2.88. The van der Waals surface area contributed by atoms with E-state index >= 15 is 0 Å². The lowest BCUT2D eigenvalue weighted by molar-refractivity contribution is -0.145. The van der Waals surface area contributed by atoms with Crippen LogP contribution in [0.15, 0.2) is 42.6 Å². The molecule has 0 saturated heterocycles. The van der Waals surface area contributed by atoms with Crippen LogP contribution in [0.4, 0.5) is 13.2 Å². The summed E-state index contributed by atoms with van der Waals surface area (Å²) in [5.41, 5.74) is 2.36. The van der Waals surface area contributed by atoms with Crippen LogP contribution >= 0.6 is 0 Å². The molecule has 0 saturated carbocycles. The van der Waals surface area contributed by atoms with E-state index in [9.17, 15) is 13.2 Å². The van der Waals surface area contributed by atoms with Crippen molar-refractivity contribution < 1.29 is 13.2 Å². The highest BCUT2D eigenvalue weighted by atomic mass is 19.4. The Bertz CT molecular complexity index is 888. The van der Waals surface area contributed by atoms with E-state index in [1.165, 1.54) is 12.3 Å². The second kappa shape index (κ2) is 5.39. The van der Waals surface area contributed by atoms with E-state index in [1.54, 1.807) is 37.3 Å². The van der Waals surface area contributed by atoms with Crippen LogP contribution in [0.5, 0.6) is 0 Å². The van der Waals surface area contributed by atoms with Gasteiger partial charge < -0.3 is 0 Å². The first-order chi connectivity index (χ1) is 10.9. The van der Waals surface area contributed by atoms with Gasteiger partial charge in [0.15, 0.2) is 5.65 Å². The molecule has 0 aliphatic carbocycles. The quantitative estimate of drug-likeness (QED) is 0.717. The first kappa shape index (κ1) is 15.0. The van der Waals surface area contributed by atoms with Crippen LogP contribution in [-0.4, -0.2) is 14.6 Å². The van der Waals surface area contributed by atoms with Crippen molar-refractivity contribution in [3.05, 3.63) is 54.0 Å². The lowest BCUT2D eigenvalue weighted by Gasteiger charge is -2.08. The monoisotopic (exact) mass is 316 g/mol. The third-order valence-electron chi connectivity index (χ3n) is 3.59. The number of benzene rings is 1. The molecule has 116 valence electrons. The van der Waals surface area contributed by atoms with E-state index in [4.69, 9.17) is 5.26 Å². The molecule has 0 radical (unpaired) electrons. The topological polar surface area (TPSA) is 54.0 Å². The van der Waals surface area contributed by atoms with E-state index in [0.29, 0.717) is 5.56 Å². The van der Waals surface area contributed by atoms with E-state index in [2.05, 4.69) is 16.3 Å².